The highest BCUT2D eigenvalue weighted by atomic mass is 16.5. The SMILES string of the molecule is C[C@H](O)c1cccc(OC2CCCCNC2=O)c1. The standard InChI is InChI=1S/C14H19NO3/c1-10(16)11-5-4-6-12(9-11)18-13-7-2-3-8-15-14(13)17/h4-6,9-10,13,16H,2-3,7-8H2,1H3,(H,15,17)/t10-,13?/m0/s1. The molecule has 18 heavy (non-hydrogen) atoms. The summed E-state index contributed by atoms with van der Waals surface area (Å²) in [4.78, 5) is 11.8. The summed E-state index contributed by atoms with van der Waals surface area (Å²) >= 11 is 0. The molecule has 4 heteroatoms. The molecule has 0 bridgehead atoms. The smallest absolute Gasteiger partial charge is 0.261 e. The fraction of sp³-hybridized carbons (Fsp3) is 0.500. The fourth-order valence-electron chi connectivity index (χ4n) is 2.04. The molecule has 1 fully saturated rings. The third-order valence-electron chi connectivity index (χ3n) is 3.10. The van der Waals surface area contributed by atoms with Crippen molar-refractivity contribution in [3.05, 3.63) is 29.8 Å². The van der Waals surface area contributed by atoms with Gasteiger partial charge in [-0.15, -0.1) is 0 Å². The molecule has 98 valence electrons. The number of amides is 1. The Labute approximate surface area is 107 Å². The number of benzene rings is 1. The van der Waals surface area contributed by atoms with Crippen molar-refractivity contribution in [2.24, 2.45) is 0 Å². The van der Waals surface area contributed by atoms with Crippen molar-refractivity contribution in [3.63, 3.8) is 0 Å². The summed E-state index contributed by atoms with van der Waals surface area (Å²) in [7, 11) is 0. The van der Waals surface area contributed by atoms with Gasteiger partial charge >= 0.3 is 0 Å². The molecular weight excluding hydrogens is 230 g/mol. The molecule has 0 radical (unpaired) electrons. The molecule has 2 rings (SSSR count). The van der Waals surface area contributed by atoms with Crippen LogP contribution in [0, 0.1) is 0 Å². The lowest BCUT2D eigenvalue weighted by atomic mass is 10.1. The number of aliphatic hydroxyl groups excluding tert-OH is 1. The maximum absolute atomic E-state index is 11.8. The summed E-state index contributed by atoms with van der Waals surface area (Å²) in [5, 5.41) is 12.4. The summed E-state index contributed by atoms with van der Waals surface area (Å²) < 4.78 is 5.72. The van der Waals surface area contributed by atoms with Crippen LogP contribution in [0.25, 0.3) is 0 Å². The molecule has 2 N–H and O–H groups in total. The number of aliphatic hydroxyl groups is 1. The first-order valence-corrected chi connectivity index (χ1v) is 6.39. The van der Waals surface area contributed by atoms with Crippen molar-refractivity contribution in [2.45, 2.75) is 38.4 Å². The van der Waals surface area contributed by atoms with E-state index in [4.69, 9.17) is 4.74 Å². The van der Waals surface area contributed by atoms with E-state index in [2.05, 4.69) is 5.32 Å². The van der Waals surface area contributed by atoms with Crippen LogP contribution >= 0.6 is 0 Å². The molecule has 1 aromatic rings. The van der Waals surface area contributed by atoms with Gasteiger partial charge in [-0.25, -0.2) is 0 Å². The molecular formula is C14H19NO3. The van der Waals surface area contributed by atoms with Gasteiger partial charge in [0.25, 0.3) is 5.91 Å². The summed E-state index contributed by atoms with van der Waals surface area (Å²) in [5.74, 6) is 0.588. The Hall–Kier alpha value is -1.55. The molecule has 4 nitrogen and oxygen atoms in total. The molecule has 1 amide bonds. The van der Waals surface area contributed by atoms with Crippen LogP contribution in [-0.2, 0) is 4.79 Å². The van der Waals surface area contributed by atoms with Gasteiger partial charge in [0.2, 0.25) is 0 Å². The zero-order valence-electron chi connectivity index (χ0n) is 10.6. The first kappa shape index (κ1) is 12.9. The number of hydrogen-bond donors (Lipinski definition) is 2. The lowest BCUT2D eigenvalue weighted by molar-refractivity contribution is -0.127. The van der Waals surface area contributed by atoms with Gasteiger partial charge in [0.15, 0.2) is 6.10 Å². The maximum Gasteiger partial charge on any atom is 0.261 e. The monoisotopic (exact) mass is 249 g/mol. The van der Waals surface area contributed by atoms with Crippen LogP contribution in [0.2, 0.25) is 0 Å². The molecule has 1 aliphatic rings. The summed E-state index contributed by atoms with van der Waals surface area (Å²) in [6.07, 6.45) is 1.78. The Morgan fingerprint density at radius 3 is 3.06 bits per heavy atom. The molecule has 0 saturated carbocycles. The quantitative estimate of drug-likeness (QED) is 0.858. The van der Waals surface area contributed by atoms with E-state index < -0.39 is 12.2 Å². The Bertz CT molecular complexity index is 417. The van der Waals surface area contributed by atoms with Crippen LogP contribution in [0.4, 0.5) is 0 Å². The Balaban J connectivity index is 2.07. The number of carbonyl (C=O) groups excluding carboxylic acids is 1. The zero-order valence-corrected chi connectivity index (χ0v) is 10.6. The van der Waals surface area contributed by atoms with Crippen LogP contribution < -0.4 is 10.1 Å². The predicted octanol–water partition coefficient (Wildman–Crippen LogP) is 1.79. The highest BCUT2D eigenvalue weighted by Gasteiger charge is 2.22. The Kier molecular flexibility index (Phi) is 4.20. The van der Waals surface area contributed by atoms with E-state index in [0.29, 0.717) is 5.75 Å². The Morgan fingerprint density at radius 1 is 1.44 bits per heavy atom. The Morgan fingerprint density at radius 2 is 2.28 bits per heavy atom. The molecule has 1 saturated heterocycles. The van der Waals surface area contributed by atoms with Crippen LogP contribution in [0.3, 0.4) is 0 Å². The molecule has 1 heterocycles. The minimum atomic E-state index is -0.531. The summed E-state index contributed by atoms with van der Waals surface area (Å²) in [6, 6.07) is 7.25. The zero-order chi connectivity index (χ0) is 13.0. The highest BCUT2D eigenvalue weighted by molar-refractivity contribution is 5.81. The molecule has 0 spiro atoms. The number of hydrogen-bond acceptors (Lipinski definition) is 3. The first-order valence-electron chi connectivity index (χ1n) is 6.39. The van der Waals surface area contributed by atoms with Gasteiger partial charge in [0.05, 0.1) is 6.10 Å². The van der Waals surface area contributed by atoms with Crippen molar-refractivity contribution < 1.29 is 14.6 Å². The van der Waals surface area contributed by atoms with Gasteiger partial charge in [0, 0.05) is 6.54 Å². The minimum absolute atomic E-state index is 0.0463. The average Bonchev–Trinajstić information content (AvgIpc) is 2.55. The van der Waals surface area contributed by atoms with Crippen molar-refractivity contribution in [1.29, 1.82) is 0 Å². The molecule has 0 aromatic heterocycles. The largest absolute Gasteiger partial charge is 0.481 e. The van der Waals surface area contributed by atoms with E-state index in [9.17, 15) is 9.90 Å². The lowest BCUT2D eigenvalue weighted by Crippen LogP contribution is -2.36. The van der Waals surface area contributed by atoms with Crippen LogP contribution in [0.1, 0.15) is 37.9 Å². The number of carbonyl (C=O) groups is 1. The van der Waals surface area contributed by atoms with Gasteiger partial charge in [-0.05, 0) is 43.9 Å². The van der Waals surface area contributed by atoms with Gasteiger partial charge in [0.1, 0.15) is 5.75 Å². The second-order valence-electron chi connectivity index (χ2n) is 4.64. The second kappa shape index (κ2) is 5.87. The summed E-state index contributed by atoms with van der Waals surface area (Å²) in [5.41, 5.74) is 0.793. The van der Waals surface area contributed by atoms with Gasteiger partial charge < -0.3 is 15.2 Å². The van der Waals surface area contributed by atoms with Gasteiger partial charge in [-0.1, -0.05) is 12.1 Å². The molecule has 0 aliphatic carbocycles. The van der Waals surface area contributed by atoms with Crippen molar-refractivity contribution in [2.75, 3.05) is 6.54 Å². The average molecular weight is 249 g/mol. The normalized spacial score (nSPS) is 21.9. The lowest BCUT2D eigenvalue weighted by Gasteiger charge is -2.16. The van der Waals surface area contributed by atoms with E-state index in [0.717, 1.165) is 31.4 Å². The van der Waals surface area contributed by atoms with Crippen molar-refractivity contribution >= 4 is 5.91 Å². The molecule has 1 unspecified atom stereocenters. The number of ether oxygens (including phenoxy) is 1. The van der Waals surface area contributed by atoms with Gasteiger partial charge in [-0.2, -0.15) is 0 Å². The van der Waals surface area contributed by atoms with Crippen LogP contribution in [0.15, 0.2) is 24.3 Å². The number of nitrogens with one attached hydrogen (secondary N) is 1. The fourth-order valence-corrected chi connectivity index (χ4v) is 2.04. The van der Waals surface area contributed by atoms with E-state index >= 15 is 0 Å². The highest BCUT2D eigenvalue weighted by Crippen LogP contribution is 2.21. The van der Waals surface area contributed by atoms with E-state index in [-0.39, 0.29) is 5.91 Å². The summed E-state index contributed by atoms with van der Waals surface area (Å²) in [6.45, 7) is 2.43. The molecule has 1 aromatic carbocycles. The number of rotatable bonds is 3. The second-order valence-corrected chi connectivity index (χ2v) is 4.64. The predicted molar refractivity (Wildman–Crippen MR) is 68.4 cm³/mol. The van der Waals surface area contributed by atoms with Crippen LogP contribution in [0.5, 0.6) is 5.75 Å². The third-order valence-corrected chi connectivity index (χ3v) is 3.10. The maximum atomic E-state index is 11.8. The van der Waals surface area contributed by atoms with E-state index in [1.807, 2.05) is 18.2 Å². The van der Waals surface area contributed by atoms with Crippen LogP contribution in [-0.4, -0.2) is 23.7 Å². The van der Waals surface area contributed by atoms with E-state index in [1.54, 1.807) is 13.0 Å². The molecule has 2 atom stereocenters. The van der Waals surface area contributed by atoms with Gasteiger partial charge in [-0.3, -0.25) is 4.79 Å². The first-order chi connectivity index (χ1) is 8.66. The van der Waals surface area contributed by atoms with Crippen molar-refractivity contribution in [1.82, 2.24) is 5.32 Å². The van der Waals surface area contributed by atoms with E-state index in [1.165, 1.54) is 0 Å². The minimum Gasteiger partial charge on any atom is -0.481 e. The molecule has 1 aliphatic heterocycles. The topological polar surface area (TPSA) is 58.6 Å². The third kappa shape index (κ3) is 3.23. The van der Waals surface area contributed by atoms with Crippen molar-refractivity contribution in [3.8, 4) is 5.75 Å².